The van der Waals surface area contributed by atoms with E-state index >= 15 is 0 Å². The zero-order valence-electron chi connectivity index (χ0n) is 16.1. The van der Waals surface area contributed by atoms with Gasteiger partial charge in [-0.15, -0.1) is 0 Å². The normalized spacial score (nSPS) is 25.5. The number of hydrogen-bond acceptors (Lipinski definition) is 11. The highest BCUT2D eigenvalue weighted by molar-refractivity contribution is 5.91. The Morgan fingerprint density at radius 1 is 1.00 bits per heavy atom. The molecule has 3 aromatic rings. The van der Waals surface area contributed by atoms with Gasteiger partial charge >= 0.3 is 0 Å². The minimum Gasteiger partial charge on any atom is -0.547 e. The first-order chi connectivity index (χ1) is 15.2. The zero-order valence-corrected chi connectivity index (χ0v) is 16.1. The summed E-state index contributed by atoms with van der Waals surface area (Å²) in [7, 11) is 0. The van der Waals surface area contributed by atoms with Gasteiger partial charge < -0.3 is 49.3 Å². The Morgan fingerprint density at radius 3 is 2.34 bits per heavy atom. The maximum atomic E-state index is 12.5. The molecule has 11 nitrogen and oxygen atoms in total. The second-order valence-electron chi connectivity index (χ2n) is 7.12. The minimum absolute atomic E-state index is 0.0828. The van der Waals surface area contributed by atoms with Gasteiger partial charge in [-0.25, -0.2) is 0 Å². The smallest absolute Gasteiger partial charge is 0.229 e. The fourth-order valence-electron chi connectivity index (χ4n) is 3.38. The number of aliphatic hydroxyl groups excluding tert-OH is 3. The van der Waals surface area contributed by atoms with E-state index in [9.17, 15) is 40.2 Å². The first-order valence-corrected chi connectivity index (χ1v) is 9.34. The van der Waals surface area contributed by atoms with Crippen molar-refractivity contribution in [1.29, 1.82) is 0 Å². The van der Waals surface area contributed by atoms with Crippen molar-refractivity contribution in [3.63, 3.8) is 0 Å². The average molecular weight is 445 g/mol. The van der Waals surface area contributed by atoms with Crippen LogP contribution in [0.5, 0.6) is 17.2 Å². The molecule has 5 N–H and O–H groups in total. The van der Waals surface area contributed by atoms with Crippen LogP contribution in [0.25, 0.3) is 22.3 Å². The summed E-state index contributed by atoms with van der Waals surface area (Å²) >= 11 is 0. The summed E-state index contributed by atoms with van der Waals surface area (Å²) < 4.78 is 15.8. The van der Waals surface area contributed by atoms with E-state index < -0.39 is 64.9 Å². The predicted molar refractivity (Wildman–Crippen MR) is 104 cm³/mol. The van der Waals surface area contributed by atoms with Gasteiger partial charge in [0.15, 0.2) is 16.8 Å². The molecule has 1 aliphatic heterocycles. The molecule has 0 amide bonds. The Labute approximate surface area is 178 Å². The first-order valence-electron chi connectivity index (χ1n) is 9.34. The second-order valence-corrected chi connectivity index (χ2v) is 7.12. The van der Waals surface area contributed by atoms with Crippen LogP contribution in [0.15, 0.2) is 51.7 Å². The third-order valence-electron chi connectivity index (χ3n) is 5.02. The lowest BCUT2D eigenvalue weighted by Crippen LogP contribution is -2.63. The molecule has 4 rings (SSSR count). The maximum Gasteiger partial charge on any atom is 0.229 e. The molecule has 0 spiro atoms. The van der Waals surface area contributed by atoms with E-state index in [-0.39, 0.29) is 11.1 Å². The quantitative estimate of drug-likeness (QED) is 0.303. The molecule has 0 saturated carbocycles. The van der Waals surface area contributed by atoms with Crippen molar-refractivity contribution in [2.24, 2.45) is 0 Å². The standard InChI is InChI=1S/C21H18O11/c22-9-6-11(8-4-2-1-3-5-8)30-18-13(9)10(23)7-12(14(18)24)31-21-17(27)15(25)16(26)19(32-21)20(28)29/h1-7,15-17,19,21,23-27H,(H,28,29)/p-1. The molecule has 0 radical (unpaired) electrons. The van der Waals surface area contributed by atoms with Crippen molar-refractivity contribution in [2.75, 3.05) is 0 Å². The van der Waals surface area contributed by atoms with E-state index in [0.29, 0.717) is 5.56 Å². The molecule has 168 valence electrons. The number of carbonyl (C=O) groups excluding carboxylic acids is 1. The fourth-order valence-corrected chi connectivity index (χ4v) is 3.38. The molecule has 1 aromatic heterocycles. The van der Waals surface area contributed by atoms with Gasteiger partial charge in [0.05, 0.1) is 5.97 Å². The second kappa shape index (κ2) is 8.13. The van der Waals surface area contributed by atoms with Gasteiger partial charge in [-0.3, -0.25) is 4.79 Å². The van der Waals surface area contributed by atoms with Gasteiger partial charge in [0, 0.05) is 17.7 Å². The number of aromatic hydroxyl groups is 2. The van der Waals surface area contributed by atoms with E-state index in [1.807, 2.05) is 0 Å². The number of hydrogen-bond donors (Lipinski definition) is 5. The van der Waals surface area contributed by atoms with E-state index in [1.165, 1.54) is 0 Å². The zero-order chi connectivity index (χ0) is 23.2. The third-order valence-corrected chi connectivity index (χ3v) is 5.02. The van der Waals surface area contributed by atoms with Crippen molar-refractivity contribution >= 4 is 16.9 Å². The highest BCUT2D eigenvalue weighted by Crippen LogP contribution is 2.41. The highest BCUT2D eigenvalue weighted by atomic mass is 16.7. The van der Waals surface area contributed by atoms with Gasteiger partial charge in [-0.1, -0.05) is 30.3 Å². The summed E-state index contributed by atoms with van der Waals surface area (Å²) in [5.41, 5.74) is -0.584. The van der Waals surface area contributed by atoms with Crippen LogP contribution in [0.4, 0.5) is 0 Å². The monoisotopic (exact) mass is 445 g/mol. The van der Waals surface area contributed by atoms with Crippen LogP contribution >= 0.6 is 0 Å². The molecule has 5 atom stereocenters. The Balaban J connectivity index is 1.77. The number of aliphatic carboxylic acids is 1. The van der Waals surface area contributed by atoms with Gasteiger partial charge in [0.2, 0.25) is 12.0 Å². The number of phenols is 2. The van der Waals surface area contributed by atoms with Crippen LogP contribution in [0, 0.1) is 0 Å². The molecule has 1 saturated heterocycles. The van der Waals surface area contributed by atoms with E-state index in [0.717, 1.165) is 12.1 Å². The number of rotatable bonds is 4. The van der Waals surface area contributed by atoms with Gasteiger partial charge in [-0.2, -0.15) is 0 Å². The molecule has 1 aliphatic rings. The lowest BCUT2D eigenvalue weighted by molar-refractivity contribution is -0.342. The molecule has 32 heavy (non-hydrogen) atoms. The summed E-state index contributed by atoms with van der Waals surface area (Å²) in [5.74, 6) is -3.73. The molecular formula is C21H17O11-. The minimum atomic E-state index is -2.04. The lowest BCUT2D eigenvalue weighted by Gasteiger charge is -2.40. The molecule has 0 aliphatic carbocycles. The van der Waals surface area contributed by atoms with Crippen molar-refractivity contribution in [3.05, 3.63) is 52.7 Å². The highest BCUT2D eigenvalue weighted by Gasteiger charge is 2.46. The molecular weight excluding hydrogens is 428 g/mol. The number of aliphatic hydroxyl groups is 3. The Bertz CT molecular complexity index is 1220. The van der Waals surface area contributed by atoms with Gasteiger partial charge in [0.1, 0.15) is 41.3 Å². The van der Waals surface area contributed by atoms with E-state index in [2.05, 4.69) is 0 Å². The van der Waals surface area contributed by atoms with Crippen LogP contribution in [-0.4, -0.2) is 62.2 Å². The number of phenolic OH excluding ortho intramolecular Hbond substituents is 2. The Hall–Kier alpha value is -3.64. The number of carboxylic acid groups (broad SMARTS) is 1. The summed E-state index contributed by atoms with van der Waals surface area (Å²) in [5, 5.41) is 61.4. The molecule has 11 heteroatoms. The number of carbonyl (C=O) groups is 1. The maximum absolute atomic E-state index is 12.5. The van der Waals surface area contributed by atoms with E-state index in [1.54, 1.807) is 30.3 Å². The number of benzene rings is 2. The van der Waals surface area contributed by atoms with Crippen molar-refractivity contribution < 1.29 is 49.3 Å². The molecule has 2 heterocycles. The molecule has 5 unspecified atom stereocenters. The predicted octanol–water partition coefficient (Wildman–Crippen LogP) is -1.19. The molecule has 1 fully saturated rings. The van der Waals surface area contributed by atoms with Gasteiger partial charge in [0.25, 0.3) is 0 Å². The van der Waals surface area contributed by atoms with Crippen LogP contribution < -0.4 is 15.3 Å². The van der Waals surface area contributed by atoms with Crippen molar-refractivity contribution in [1.82, 2.24) is 0 Å². The van der Waals surface area contributed by atoms with Crippen LogP contribution in [-0.2, 0) is 9.53 Å². The van der Waals surface area contributed by atoms with Crippen LogP contribution in [0.3, 0.4) is 0 Å². The van der Waals surface area contributed by atoms with Crippen LogP contribution in [0.2, 0.25) is 0 Å². The number of carboxylic acids is 1. The Morgan fingerprint density at radius 2 is 1.69 bits per heavy atom. The Kier molecular flexibility index (Phi) is 5.48. The van der Waals surface area contributed by atoms with Crippen molar-refractivity contribution in [3.8, 4) is 28.6 Å². The molecule has 0 bridgehead atoms. The number of fused-ring (bicyclic) bond motifs is 1. The summed E-state index contributed by atoms with van der Waals surface area (Å²) in [6.45, 7) is 0. The largest absolute Gasteiger partial charge is 0.547 e. The summed E-state index contributed by atoms with van der Waals surface area (Å²) in [6, 6.07) is 10.4. The lowest BCUT2D eigenvalue weighted by atomic mass is 9.99. The SMILES string of the molecule is O=C([O-])C1OC(Oc2cc(O)c3c(=O)cc(-c4ccccc4)oc3c2O)C(O)C(O)C1O. The van der Waals surface area contributed by atoms with Crippen molar-refractivity contribution in [2.45, 2.75) is 30.7 Å². The average Bonchev–Trinajstić information content (AvgIpc) is 2.77. The molecule has 2 aromatic carbocycles. The third kappa shape index (κ3) is 3.63. The summed E-state index contributed by atoms with van der Waals surface area (Å²) in [4.78, 5) is 23.7. The first kappa shape index (κ1) is 21.6. The fraction of sp³-hybridized carbons (Fsp3) is 0.238. The van der Waals surface area contributed by atoms with Gasteiger partial charge in [-0.05, 0) is 0 Å². The van der Waals surface area contributed by atoms with E-state index in [4.69, 9.17) is 13.9 Å². The topological polar surface area (TPSA) is 190 Å². The summed E-state index contributed by atoms with van der Waals surface area (Å²) in [6.07, 6.45) is -9.84. The number of ether oxygens (including phenoxy) is 2. The van der Waals surface area contributed by atoms with Crippen LogP contribution in [0.1, 0.15) is 0 Å².